The third kappa shape index (κ3) is 3.72. The van der Waals surface area contributed by atoms with E-state index in [-0.39, 0.29) is 6.54 Å². The van der Waals surface area contributed by atoms with Crippen molar-refractivity contribution in [1.29, 1.82) is 0 Å². The lowest BCUT2D eigenvalue weighted by molar-refractivity contribution is 0.0604. The Morgan fingerprint density at radius 3 is 2.80 bits per heavy atom. The van der Waals surface area contributed by atoms with Crippen molar-refractivity contribution < 1.29 is 9.90 Å². The predicted molar refractivity (Wildman–Crippen MR) is 82.4 cm³/mol. The molecule has 1 aromatic heterocycles. The molecule has 2 rings (SSSR count). The van der Waals surface area contributed by atoms with Crippen LogP contribution in [0.2, 0.25) is 5.02 Å². The molecule has 106 valence electrons. The Hall–Kier alpha value is -1.56. The standard InChI is InChI=1S/C14H15ClN2O2S/c1-14(19,10-6-7-20-8-10)9-16-13(18)17-12-5-3-2-4-11(12)15/h2-8,19H,9H2,1H3,(H2,16,17,18). The van der Waals surface area contributed by atoms with Crippen molar-refractivity contribution in [2.75, 3.05) is 11.9 Å². The Morgan fingerprint density at radius 2 is 2.15 bits per heavy atom. The Labute approximate surface area is 126 Å². The quantitative estimate of drug-likeness (QED) is 0.810. The Bertz CT molecular complexity index is 585. The van der Waals surface area contributed by atoms with E-state index in [9.17, 15) is 9.90 Å². The van der Waals surface area contributed by atoms with Crippen molar-refractivity contribution in [2.24, 2.45) is 0 Å². The molecule has 1 unspecified atom stereocenters. The molecule has 20 heavy (non-hydrogen) atoms. The largest absolute Gasteiger partial charge is 0.384 e. The van der Waals surface area contributed by atoms with Gasteiger partial charge in [0.15, 0.2) is 0 Å². The fraction of sp³-hybridized carbons (Fsp3) is 0.214. The average molecular weight is 311 g/mol. The SMILES string of the molecule is CC(O)(CNC(=O)Nc1ccccc1Cl)c1ccsc1. The highest BCUT2D eigenvalue weighted by atomic mass is 35.5. The lowest BCUT2D eigenvalue weighted by atomic mass is 9.99. The first kappa shape index (κ1) is 14.8. The van der Waals surface area contributed by atoms with E-state index in [4.69, 9.17) is 11.6 Å². The van der Waals surface area contributed by atoms with E-state index < -0.39 is 11.6 Å². The number of carbonyl (C=O) groups is 1. The van der Waals surface area contributed by atoms with Crippen LogP contribution in [0.5, 0.6) is 0 Å². The summed E-state index contributed by atoms with van der Waals surface area (Å²) >= 11 is 7.45. The number of halogens is 1. The van der Waals surface area contributed by atoms with Gasteiger partial charge in [-0.2, -0.15) is 11.3 Å². The van der Waals surface area contributed by atoms with Crippen molar-refractivity contribution in [3.8, 4) is 0 Å². The zero-order valence-corrected chi connectivity index (χ0v) is 12.5. The molecule has 3 N–H and O–H groups in total. The molecule has 0 saturated carbocycles. The summed E-state index contributed by atoms with van der Waals surface area (Å²) in [4.78, 5) is 11.8. The average Bonchev–Trinajstić information content (AvgIpc) is 2.94. The van der Waals surface area contributed by atoms with Gasteiger partial charge in [-0.15, -0.1) is 0 Å². The number of hydrogen-bond acceptors (Lipinski definition) is 3. The number of nitrogens with one attached hydrogen (secondary N) is 2. The number of urea groups is 1. The number of benzene rings is 1. The molecule has 0 aliphatic carbocycles. The molecule has 6 heteroatoms. The fourth-order valence-electron chi connectivity index (χ4n) is 1.65. The van der Waals surface area contributed by atoms with Crippen molar-refractivity contribution in [2.45, 2.75) is 12.5 Å². The third-order valence-electron chi connectivity index (χ3n) is 2.86. The number of carbonyl (C=O) groups excluding carboxylic acids is 1. The smallest absolute Gasteiger partial charge is 0.319 e. The van der Waals surface area contributed by atoms with Crippen LogP contribution in [0.3, 0.4) is 0 Å². The van der Waals surface area contributed by atoms with Crippen LogP contribution >= 0.6 is 22.9 Å². The van der Waals surface area contributed by atoms with Crippen LogP contribution < -0.4 is 10.6 Å². The predicted octanol–water partition coefficient (Wildman–Crippen LogP) is 3.43. The molecule has 0 aliphatic rings. The molecule has 1 atom stereocenters. The summed E-state index contributed by atoms with van der Waals surface area (Å²) < 4.78 is 0. The summed E-state index contributed by atoms with van der Waals surface area (Å²) in [6.45, 7) is 1.77. The van der Waals surface area contributed by atoms with E-state index >= 15 is 0 Å². The number of para-hydroxylation sites is 1. The highest BCUT2D eigenvalue weighted by Crippen LogP contribution is 2.22. The third-order valence-corrected chi connectivity index (χ3v) is 3.87. The molecule has 2 amide bonds. The van der Waals surface area contributed by atoms with Gasteiger partial charge >= 0.3 is 6.03 Å². The second-order valence-corrected chi connectivity index (χ2v) is 5.76. The topological polar surface area (TPSA) is 61.4 Å². The first-order valence-corrected chi connectivity index (χ1v) is 7.35. The summed E-state index contributed by atoms with van der Waals surface area (Å²) in [7, 11) is 0. The Kier molecular flexibility index (Phi) is 4.65. The lowest BCUT2D eigenvalue weighted by Crippen LogP contribution is -2.40. The van der Waals surface area contributed by atoms with Gasteiger partial charge in [-0.1, -0.05) is 23.7 Å². The van der Waals surface area contributed by atoms with Gasteiger partial charge in [-0.05, 0) is 41.4 Å². The number of amides is 2. The molecular weight excluding hydrogens is 296 g/mol. The minimum atomic E-state index is -1.10. The summed E-state index contributed by atoms with van der Waals surface area (Å²) in [5.74, 6) is 0. The first-order chi connectivity index (χ1) is 9.49. The highest BCUT2D eigenvalue weighted by molar-refractivity contribution is 7.08. The molecule has 1 aromatic carbocycles. The maximum Gasteiger partial charge on any atom is 0.319 e. The van der Waals surface area contributed by atoms with Crippen LogP contribution in [-0.4, -0.2) is 17.7 Å². The zero-order chi connectivity index (χ0) is 14.6. The second-order valence-electron chi connectivity index (χ2n) is 4.57. The van der Waals surface area contributed by atoms with Gasteiger partial charge in [-0.3, -0.25) is 0 Å². The summed E-state index contributed by atoms with van der Waals surface area (Å²) in [6.07, 6.45) is 0. The maximum atomic E-state index is 11.8. The zero-order valence-electron chi connectivity index (χ0n) is 10.9. The van der Waals surface area contributed by atoms with Gasteiger partial charge in [0, 0.05) is 0 Å². The van der Waals surface area contributed by atoms with Crippen molar-refractivity contribution in [1.82, 2.24) is 5.32 Å². The first-order valence-electron chi connectivity index (χ1n) is 6.03. The van der Waals surface area contributed by atoms with Gasteiger partial charge in [0.05, 0.1) is 17.3 Å². The molecule has 0 fully saturated rings. The van der Waals surface area contributed by atoms with E-state index in [2.05, 4.69) is 10.6 Å². The Morgan fingerprint density at radius 1 is 1.40 bits per heavy atom. The Balaban J connectivity index is 1.91. The normalized spacial score (nSPS) is 13.6. The molecule has 0 aliphatic heterocycles. The lowest BCUT2D eigenvalue weighted by Gasteiger charge is -2.23. The maximum absolute atomic E-state index is 11.8. The second kappa shape index (κ2) is 6.26. The molecule has 0 saturated heterocycles. The number of thiophene rings is 1. The van der Waals surface area contributed by atoms with Crippen LogP contribution in [0.25, 0.3) is 0 Å². The molecule has 0 bridgehead atoms. The van der Waals surface area contributed by atoms with E-state index in [1.165, 1.54) is 11.3 Å². The monoisotopic (exact) mass is 310 g/mol. The van der Waals surface area contributed by atoms with Crippen LogP contribution in [0.1, 0.15) is 12.5 Å². The molecule has 0 radical (unpaired) electrons. The molecule has 2 aromatic rings. The highest BCUT2D eigenvalue weighted by Gasteiger charge is 2.24. The number of hydrogen-bond donors (Lipinski definition) is 3. The van der Waals surface area contributed by atoms with Crippen LogP contribution in [-0.2, 0) is 5.60 Å². The molecule has 1 heterocycles. The van der Waals surface area contributed by atoms with Gasteiger partial charge in [-0.25, -0.2) is 4.79 Å². The van der Waals surface area contributed by atoms with E-state index in [0.717, 1.165) is 5.56 Å². The number of aliphatic hydroxyl groups is 1. The van der Waals surface area contributed by atoms with Crippen LogP contribution in [0, 0.1) is 0 Å². The number of anilines is 1. The molecular formula is C14H15ClN2O2S. The minimum Gasteiger partial charge on any atom is -0.384 e. The van der Waals surface area contributed by atoms with Crippen molar-refractivity contribution in [3.63, 3.8) is 0 Å². The summed E-state index contributed by atoms with van der Waals surface area (Å²) in [5, 5.41) is 19.8. The fourth-order valence-corrected chi connectivity index (χ4v) is 2.62. The van der Waals surface area contributed by atoms with E-state index in [1.54, 1.807) is 31.2 Å². The van der Waals surface area contributed by atoms with E-state index in [1.807, 2.05) is 16.8 Å². The minimum absolute atomic E-state index is 0.111. The van der Waals surface area contributed by atoms with E-state index in [0.29, 0.717) is 10.7 Å². The van der Waals surface area contributed by atoms with Crippen molar-refractivity contribution >= 4 is 34.7 Å². The molecule has 0 spiro atoms. The molecule has 4 nitrogen and oxygen atoms in total. The number of rotatable bonds is 4. The van der Waals surface area contributed by atoms with Crippen LogP contribution in [0.15, 0.2) is 41.1 Å². The van der Waals surface area contributed by atoms with Gasteiger partial charge in [0.1, 0.15) is 5.60 Å². The van der Waals surface area contributed by atoms with Gasteiger partial charge < -0.3 is 15.7 Å². The van der Waals surface area contributed by atoms with Crippen LogP contribution in [0.4, 0.5) is 10.5 Å². The van der Waals surface area contributed by atoms with Crippen molar-refractivity contribution in [3.05, 3.63) is 51.7 Å². The van der Waals surface area contributed by atoms with Gasteiger partial charge in [0.25, 0.3) is 0 Å². The summed E-state index contributed by atoms with van der Waals surface area (Å²) in [6, 6.07) is 8.39. The summed E-state index contributed by atoms with van der Waals surface area (Å²) in [5.41, 5.74) is 0.208. The van der Waals surface area contributed by atoms with Gasteiger partial charge in [0.2, 0.25) is 0 Å².